The molecule has 0 fully saturated rings. The van der Waals surface area contributed by atoms with Crippen LogP contribution in [-0.4, -0.2) is 42.8 Å². The minimum absolute atomic E-state index is 0.208. The maximum Gasteiger partial charge on any atom is 0.251 e. The van der Waals surface area contributed by atoms with E-state index in [1.165, 1.54) is 11.9 Å². The van der Waals surface area contributed by atoms with Crippen LogP contribution in [0.3, 0.4) is 0 Å². The van der Waals surface area contributed by atoms with Crippen LogP contribution in [0.5, 0.6) is 0 Å². The first kappa shape index (κ1) is 20.7. The number of carbonyl (C=O) groups is 3. The molecular weight excluding hydrogens is 389 g/mol. The van der Waals surface area contributed by atoms with Gasteiger partial charge in [0.2, 0.25) is 11.8 Å². The van der Waals surface area contributed by atoms with Crippen molar-refractivity contribution in [3.8, 4) is 0 Å². The van der Waals surface area contributed by atoms with E-state index in [1.54, 1.807) is 30.3 Å². The van der Waals surface area contributed by atoms with E-state index in [0.717, 1.165) is 5.56 Å². The Morgan fingerprint density at radius 2 is 1.59 bits per heavy atom. The number of nitrogens with one attached hydrogen (secondary N) is 2. The Morgan fingerprint density at radius 1 is 1.00 bits per heavy atom. The summed E-state index contributed by atoms with van der Waals surface area (Å²) in [6.45, 7) is 1.49. The number of likely N-dealkylation sites (N-methyl/N-ethyl adjacent to an activating group) is 1. The van der Waals surface area contributed by atoms with Gasteiger partial charge < -0.3 is 15.5 Å². The van der Waals surface area contributed by atoms with E-state index in [0.29, 0.717) is 21.3 Å². The lowest BCUT2D eigenvalue weighted by Crippen LogP contribution is -2.41. The summed E-state index contributed by atoms with van der Waals surface area (Å²) in [4.78, 5) is 37.5. The molecule has 0 radical (unpaired) electrons. The Morgan fingerprint density at radius 3 is 2.19 bits per heavy atom. The predicted octanol–water partition coefficient (Wildman–Crippen LogP) is 3.13. The molecule has 0 heterocycles. The first-order chi connectivity index (χ1) is 12.8. The largest absolute Gasteiger partial charge is 0.343 e. The van der Waals surface area contributed by atoms with E-state index in [-0.39, 0.29) is 19.0 Å². The molecule has 0 aromatic heterocycles. The highest BCUT2D eigenvalue weighted by atomic mass is 35.5. The maximum absolute atomic E-state index is 12.1. The van der Waals surface area contributed by atoms with Gasteiger partial charge in [-0.15, -0.1) is 0 Å². The van der Waals surface area contributed by atoms with Gasteiger partial charge in [0.25, 0.3) is 5.91 Å². The third kappa shape index (κ3) is 5.98. The van der Waals surface area contributed by atoms with Crippen molar-refractivity contribution in [2.24, 2.45) is 0 Å². The molecular formula is C19H19Cl2N3O3. The number of aryl methyl sites for hydroxylation is 1. The molecule has 3 amide bonds. The van der Waals surface area contributed by atoms with Gasteiger partial charge in [-0.3, -0.25) is 14.4 Å². The van der Waals surface area contributed by atoms with Crippen LogP contribution in [0.25, 0.3) is 0 Å². The zero-order valence-electron chi connectivity index (χ0n) is 14.9. The second kappa shape index (κ2) is 9.39. The van der Waals surface area contributed by atoms with Crippen LogP contribution in [-0.2, 0) is 9.59 Å². The fourth-order valence-corrected chi connectivity index (χ4v) is 2.69. The zero-order valence-corrected chi connectivity index (χ0v) is 16.4. The molecule has 142 valence electrons. The standard InChI is InChI=1S/C19H19Cl2N3O3/c1-12-6-8-13(9-7-12)19(27)22-10-17(26)24(2)11-16(25)23-18-14(20)4-3-5-15(18)21/h3-9H,10-11H2,1-2H3,(H,22,27)(H,23,25). The van der Waals surface area contributed by atoms with Crippen molar-refractivity contribution in [1.29, 1.82) is 0 Å². The number of benzene rings is 2. The van der Waals surface area contributed by atoms with Crippen LogP contribution in [0.1, 0.15) is 15.9 Å². The number of amides is 3. The van der Waals surface area contributed by atoms with Crippen molar-refractivity contribution in [1.82, 2.24) is 10.2 Å². The van der Waals surface area contributed by atoms with Crippen molar-refractivity contribution in [2.75, 3.05) is 25.5 Å². The molecule has 0 unspecified atom stereocenters. The van der Waals surface area contributed by atoms with Crippen LogP contribution in [0.15, 0.2) is 42.5 Å². The number of para-hydroxylation sites is 1. The van der Waals surface area contributed by atoms with E-state index >= 15 is 0 Å². The Kier molecular flexibility index (Phi) is 7.21. The molecule has 27 heavy (non-hydrogen) atoms. The van der Waals surface area contributed by atoms with Gasteiger partial charge in [0.05, 0.1) is 28.8 Å². The molecule has 2 rings (SSSR count). The van der Waals surface area contributed by atoms with Crippen LogP contribution in [0, 0.1) is 6.92 Å². The second-order valence-corrected chi connectivity index (χ2v) is 6.76. The van der Waals surface area contributed by atoms with E-state index in [2.05, 4.69) is 10.6 Å². The topological polar surface area (TPSA) is 78.5 Å². The van der Waals surface area contributed by atoms with Gasteiger partial charge in [-0.05, 0) is 31.2 Å². The Bertz CT molecular complexity index is 834. The number of anilines is 1. The molecule has 0 saturated heterocycles. The Balaban J connectivity index is 1.85. The van der Waals surface area contributed by atoms with Gasteiger partial charge in [0.15, 0.2) is 0 Å². The molecule has 0 aliphatic heterocycles. The first-order valence-electron chi connectivity index (χ1n) is 8.10. The lowest BCUT2D eigenvalue weighted by molar-refractivity contribution is -0.132. The molecule has 2 aromatic carbocycles. The van der Waals surface area contributed by atoms with E-state index < -0.39 is 11.8 Å². The summed E-state index contributed by atoms with van der Waals surface area (Å²) in [5, 5.41) is 5.71. The van der Waals surface area contributed by atoms with Crippen LogP contribution in [0.4, 0.5) is 5.69 Å². The fraction of sp³-hybridized carbons (Fsp3) is 0.211. The van der Waals surface area contributed by atoms with Gasteiger partial charge in [0, 0.05) is 12.6 Å². The summed E-state index contributed by atoms with van der Waals surface area (Å²) >= 11 is 12.0. The average Bonchev–Trinajstić information content (AvgIpc) is 2.63. The molecule has 0 aliphatic rings. The van der Waals surface area contributed by atoms with Crippen molar-refractivity contribution >= 4 is 46.6 Å². The van der Waals surface area contributed by atoms with Crippen molar-refractivity contribution in [3.05, 3.63) is 63.6 Å². The quantitative estimate of drug-likeness (QED) is 0.771. The number of halogens is 2. The van der Waals surface area contributed by atoms with Gasteiger partial charge in [-0.25, -0.2) is 0 Å². The lowest BCUT2D eigenvalue weighted by atomic mass is 10.1. The molecule has 0 atom stereocenters. The third-order valence-electron chi connectivity index (χ3n) is 3.75. The van der Waals surface area contributed by atoms with Crippen molar-refractivity contribution in [2.45, 2.75) is 6.92 Å². The monoisotopic (exact) mass is 407 g/mol. The minimum atomic E-state index is -0.453. The Labute approximate surface area is 167 Å². The normalized spacial score (nSPS) is 10.2. The van der Waals surface area contributed by atoms with Crippen LogP contribution < -0.4 is 10.6 Å². The predicted molar refractivity (Wildman–Crippen MR) is 106 cm³/mol. The van der Waals surface area contributed by atoms with E-state index in [4.69, 9.17) is 23.2 Å². The summed E-state index contributed by atoms with van der Waals surface area (Å²) in [6.07, 6.45) is 0. The zero-order chi connectivity index (χ0) is 20.0. The van der Waals surface area contributed by atoms with E-state index in [9.17, 15) is 14.4 Å². The van der Waals surface area contributed by atoms with Crippen molar-refractivity contribution < 1.29 is 14.4 Å². The van der Waals surface area contributed by atoms with Gasteiger partial charge >= 0.3 is 0 Å². The SMILES string of the molecule is Cc1ccc(C(=O)NCC(=O)N(C)CC(=O)Nc2c(Cl)cccc2Cl)cc1. The molecule has 0 spiro atoms. The molecule has 6 nitrogen and oxygen atoms in total. The second-order valence-electron chi connectivity index (χ2n) is 5.94. The summed E-state index contributed by atoms with van der Waals surface area (Å²) in [7, 11) is 1.47. The van der Waals surface area contributed by atoms with Crippen molar-refractivity contribution in [3.63, 3.8) is 0 Å². The smallest absolute Gasteiger partial charge is 0.251 e. The van der Waals surface area contributed by atoms with Crippen LogP contribution >= 0.6 is 23.2 Å². The molecule has 0 saturated carbocycles. The molecule has 2 N–H and O–H groups in total. The van der Waals surface area contributed by atoms with Gasteiger partial charge in [0.1, 0.15) is 0 Å². The number of carbonyl (C=O) groups excluding carboxylic acids is 3. The van der Waals surface area contributed by atoms with E-state index in [1.807, 2.05) is 19.1 Å². The number of rotatable bonds is 6. The lowest BCUT2D eigenvalue weighted by Gasteiger charge is -2.18. The summed E-state index contributed by atoms with van der Waals surface area (Å²) in [5.41, 5.74) is 1.79. The summed E-state index contributed by atoms with van der Waals surface area (Å²) in [6, 6.07) is 11.8. The maximum atomic E-state index is 12.1. The highest BCUT2D eigenvalue weighted by Gasteiger charge is 2.16. The van der Waals surface area contributed by atoms with Gasteiger partial charge in [-0.2, -0.15) is 0 Å². The summed E-state index contributed by atoms with van der Waals surface area (Å²) < 4.78 is 0. The molecule has 0 aliphatic carbocycles. The number of hydrogen-bond donors (Lipinski definition) is 2. The third-order valence-corrected chi connectivity index (χ3v) is 4.38. The van der Waals surface area contributed by atoms with Gasteiger partial charge in [-0.1, -0.05) is 47.0 Å². The summed E-state index contributed by atoms with van der Waals surface area (Å²) in [5.74, 6) is -1.22. The highest BCUT2D eigenvalue weighted by molar-refractivity contribution is 6.39. The highest BCUT2D eigenvalue weighted by Crippen LogP contribution is 2.29. The fourth-order valence-electron chi connectivity index (χ4n) is 2.20. The molecule has 8 heteroatoms. The average molecular weight is 408 g/mol. The minimum Gasteiger partial charge on any atom is -0.343 e. The molecule has 2 aromatic rings. The molecule has 0 bridgehead atoms. The first-order valence-corrected chi connectivity index (χ1v) is 8.86. The number of nitrogens with zero attached hydrogens (tertiary/aromatic N) is 1. The van der Waals surface area contributed by atoms with Crippen LogP contribution in [0.2, 0.25) is 10.0 Å². The Hall–Kier alpha value is -2.57. The number of hydrogen-bond acceptors (Lipinski definition) is 3.